The first-order chi connectivity index (χ1) is 13.9. The van der Waals surface area contributed by atoms with Gasteiger partial charge in [0, 0.05) is 6.61 Å². The Morgan fingerprint density at radius 1 is 1.00 bits per heavy atom. The molecule has 180 valence electrons. The third kappa shape index (κ3) is 19.7. The van der Waals surface area contributed by atoms with E-state index in [-0.39, 0.29) is 12.0 Å². The van der Waals surface area contributed by atoms with Crippen molar-refractivity contribution in [2.75, 3.05) is 40.9 Å². The second kappa shape index (κ2) is 16.3. The van der Waals surface area contributed by atoms with Crippen molar-refractivity contribution in [3.8, 4) is 0 Å². The summed E-state index contributed by atoms with van der Waals surface area (Å²) in [5.74, 6) is -0.938. The molecule has 0 saturated carbocycles. The number of quaternary nitrogens is 1. The fourth-order valence-corrected chi connectivity index (χ4v) is 3.92. The molecule has 2 N–H and O–H groups in total. The summed E-state index contributed by atoms with van der Waals surface area (Å²) in [6.07, 6.45) is 9.32. The minimum atomic E-state index is -2.04. The maximum atomic E-state index is 11.0. The molecular formula is C22H47NO6P+. The molecule has 0 bridgehead atoms. The lowest BCUT2D eigenvalue weighted by molar-refractivity contribution is -0.873. The molecule has 7 nitrogen and oxygen atoms in total. The number of aliphatic carboxylic acids is 1. The van der Waals surface area contributed by atoms with Crippen LogP contribution in [0.25, 0.3) is 0 Å². The van der Waals surface area contributed by atoms with Crippen molar-refractivity contribution < 1.29 is 33.1 Å². The Labute approximate surface area is 185 Å². The number of carboxylic acid groups (broad SMARTS) is 1. The number of carboxylic acids is 1. The summed E-state index contributed by atoms with van der Waals surface area (Å²) in [5, 5.41) is 9.01. The number of ether oxygens (including phenoxy) is 1. The molecule has 0 aromatic heterocycles. The predicted molar refractivity (Wildman–Crippen MR) is 122 cm³/mol. The van der Waals surface area contributed by atoms with E-state index in [1.54, 1.807) is 0 Å². The summed E-state index contributed by atoms with van der Waals surface area (Å²) in [5.41, 5.74) is -0.00651. The Balaban J connectivity index is 3.74. The first-order valence-electron chi connectivity index (χ1n) is 11.4. The van der Waals surface area contributed by atoms with Crippen molar-refractivity contribution in [1.29, 1.82) is 0 Å². The van der Waals surface area contributed by atoms with Crippen molar-refractivity contribution in [2.24, 2.45) is 0 Å². The lowest BCUT2D eigenvalue weighted by Crippen LogP contribution is -2.42. The lowest BCUT2D eigenvalue weighted by Gasteiger charge is -2.29. The van der Waals surface area contributed by atoms with Gasteiger partial charge in [-0.1, -0.05) is 45.4 Å². The van der Waals surface area contributed by atoms with Crippen molar-refractivity contribution in [3.63, 3.8) is 0 Å². The van der Waals surface area contributed by atoms with E-state index in [0.29, 0.717) is 17.6 Å². The lowest BCUT2D eigenvalue weighted by atomic mass is 10.0. The molecule has 1 unspecified atom stereocenters. The van der Waals surface area contributed by atoms with Crippen LogP contribution >= 0.6 is 8.60 Å². The molecule has 0 saturated heterocycles. The molecule has 0 rings (SSSR count). The van der Waals surface area contributed by atoms with E-state index in [9.17, 15) is 9.69 Å². The van der Waals surface area contributed by atoms with E-state index in [2.05, 4.69) is 20.8 Å². The topological polar surface area (TPSA) is 85.2 Å². The quantitative estimate of drug-likeness (QED) is 0.152. The van der Waals surface area contributed by atoms with Crippen LogP contribution in [0, 0.1) is 0 Å². The fraction of sp³-hybridized carbons (Fsp3) is 0.955. The van der Waals surface area contributed by atoms with Gasteiger partial charge in [-0.2, -0.15) is 0 Å². The molecule has 0 radical (unpaired) electrons. The van der Waals surface area contributed by atoms with Gasteiger partial charge in [-0.05, 0) is 33.1 Å². The molecule has 8 heteroatoms. The largest absolute Gasteiger partial charge is 0.481 e. The van der Waals surface area contributed by atoms with Gasteiger partial charge >= 0.3 is 14.6 Å². The molecule has 0 spiro atoms. The molecule has 0 heterocycles. The Kier molecular flexibility index (Phi) is 16.2. The van der Waals surface area contributed by atoms with Gasteiger partial charge in [0.15, 0.2) is 0 Å². The Morgan fingerprint density at radius 2 is 1.57 bits per heavy atom. The second-order valence-corrected chi connectivity index (χ2v) is 10.6. The van der Waals surface area contributed by atoms with Crippen LogP contribution in [0.2, 0.25) is 0 Å². The smallest absolute Gasteiger partial charge is 0.330 e. The van der Waals surface area contributed by atoms with Crippen LogP contribution < -0.4 is 0 Å². The standard InChI is InChI=1S/C22H46NO6P/c1-7-8-15-22(2,3)27-16-13-11-9-10-12-14-17-28-30(26)29-20(18-21(24)25)19-23(4,5)6/h20,26H,7-19H2,1-6H3/p+1/t20?,30-/m1/s1. The molecule has 0 aliphatic heterocycles. The minimum absolute atomic E-state index is 0.00651. The number of likely N-dealkylation sites (N-methyl/N-ethyl adjacent to an activating group) is 1. The highest BCUT2D eigenvalue weighted by atomic mass is 31.2. The van der Waals surface area contributed by atoms with Crippen LogP contribution in [-0.2, 0) is 18.6 Å². The number of rotatable bonds is 20. The van der Waals surface area contributed by atoms with E-state index < -0.39 is 20.7 Å². The second-order valence-electron chi connectivity index (χ2n) is 9.70. The van der Waals surface area contributed by atoms with Crippen LogP contribution in [0.15, 0.2) is 0 Å². The van der Waals surface area contributed by atoms with Gasteiger partial charge < -0.3 is 28.3 Å². The molecule has 0 aromatic rings. The number of hydrogen-bond acceptors (Lipinski definition) is 5. The Bertz CT molecular complexity index is 442. The van der Waals surface area contributed by atoms with Gasteiger partial charge in [0.2, 0.25) is 0 Å². The van der Waals surface area contributed by atoms with Crippen LogP contribution in [0.4, 0.5) is 0 Å². The van der Waals surface area contributed by atoms with E-state index in [1.807, 2.05) is 21.1 Å². The van der Waals surface area contributed by atoms with Gasteiger partial charge in [-0.3, -0.25) is 4.79 Å². The molecule has 0 aliphatic carbocycles. The molecule has 2 atom stereocenters. The van der Waals surface area contributed by atoms with Crippen LogP contribution in [0.1, 0.15) is 85.0 Å². The molecule has 0 amide bonds. The molecule has 0 aliphatic rings. The summed E-state index contributed by atoms with van der Waals surface area (Å²) in [4.78, 5) is 20.9. The van der Waals surface area contributed by atoms with Gasteiger partial charge in [0.1, 0.15) is 12.6 Å². The summed E-state index contributed by atoms with van der Waals surface area (Å²) >= 11 is 0. The average molecular weight is 453 g/mol. The highest BCUT2D eigenvalue weighted by molar-refractivity contribution is 7.40. The number of hydrogen-bond donors (Lipinski definition) is 2. The zero-order chi connectivity index (χ0) is 23.0. The summed E-state index contributed by atoms with van der Waals surface area (Å²) < 4.78 is 17.4. The third-order valence-corrected chi connectivity index (χ3v) is 5.64. The average Bonchev–Trinajstić information content (AvgIpc) is 2.59. The van der Waals surface area contributed by atoms with E-state index in [4.69, 9.17) is 18.9 Å². The van der Waals surface area contributed by atoms with Crippen molar-refractivity contribution in [1.82, 2.24) is 0 Å². The minimum Gasteiger partial charge on any atom is -0.481 e. The highest BCUT2D eigenvalue weighted by Gasteiger charge is 2.25. The van der Waals surface area contributed by atoms with Crippen molar-refractivity contribution >= 4 is 14.6 Å². The maximum absolute atomic E-state index is 11.0. The monoisotopic (exact) mass is 452 g/mol. The molecule has 0 aromatic carbocycles. The maximum Gasteiger partial charge on any atom is 0.330 e. The zero-order valence-electron chi connectivity index (χ0n) is 20.2. The summed E-state index contributed by atoms with van der Waals surface area (Å²) in [6.45, 7) is 8.31. The predicted octanol–water partition coefficient (Wildman–Crippen LogP) is 5.11. The van der Waals surface area contributed by atoms with Crippen LogP contribution in [0.3, 0.4) is 0 Å². The third-order valence-electron chi connectivity index (χ3n) is 4.76. The summed E-state index contributed by atoms with van der Waals surface area (Å²) in [7, 11) is 3.83. The van der Waals surface area contributed by atoms with Crippen LogP contribution in [-0.4, -0.2) is 73.1 Å². The van der Waals surface area contributed by atoms with Gasteiger partial charge in [0.05, 0.1) is 39.8 Å². The number of unbranched alkanes of at least 4 members (excludes halogenated alkanes) is 6. The Morgan fingerprint density at radius 3 is 2.10 bits per heavy atom. The Hall–Kier alpha value is -0.300. The number of carbonyl (C=O) groups is 1. The van der Waals surface area contributed by atoms with Gasteiger partial charge in [-0.15, -0.1) is 0 Å². The van der Waals surface area contributed by atoms with E-state index >= 15 is 0 Å². The van der Waals surface area contributed by atoms with Gasteiger partial charge in [0.25, 0.3) is 0 Å². The van der Waals surface area contributed by atoms with E-state index in [0.717, 1.165) is 38.7 Å². The van der Waals surface area contributed by atoms with E-state index in [1.165, 1.54) is 25.7 Å². The number of nitrogens with zero attached hydrogens (tertiary/aromatic N) is 1. The van der Waals surface area contributed by atoms with Crippen molar-refractivity contribution in [3.05, 3.63) is 0 Å². The molecular weight excluding hydrogens is 405 g/mol. The SMILES string of the molecule is CCCCC(C)(C)OCCCCCCCCO[P@@](O)OC(CC(=O)O)C[N+](C)(C)C. The zero-order valence-corrected chi connectivity index (χ0v) is 21.1. The molecule has 0 fully saturated rings. The fourth-order valence-electron chi connectivity index (χ4n) is 3.18. The first-order valence-corrected chi connectivity index (χ1v) is 12.5. The normalized spacial score (nSPS) is 14.6. The summed E-state index contributed by atoms with van der Waals surface area (Å²) in [6, 6.07) is 0. The highest BCUT2D eigenvalue weighted by Crippen LogP contribution is 2.36. The van der Waals surface area contributed by atoms with Crippen molar-refractivity contribution in [2.45, 2.75) is 96.7 Å². The first kappa shape index (κ1) is 29.7. The van der Waals surface area contributed by atoms with Gasteiger partial charge in [-0.25, -0.2) is 0 Å². The molecule has 30 heavy (non-hydrogen) atoms. The van der Waals surface area contributed by atoms with Crippen LogP contribution in [0.5, 0.6) is 0 Å².